The lowest BCUT2D eigenvalue weighted by molar-refractivity contribution is -0.419. The Morgan fingerprint density at radius 2 is 1.72 bits per heavy atom. The molecule has 0 spiro atoms. The van der Waals surface area contributed by atoms with Crippen LogP contribution in [0.1, 0.15) is 37.5 Å². The number of nitrogens with zero attached hydrogens (tertiary/aromatic N) is 1. The molecule has 0 radical (unpaired) electrons. The molecule has 0 N–H and O–H groups in total. The van der Waals surface area contributed by atoms with Gasteiger partial charge in [-0.25, -0.2) is 0 Å². The van der Waals surface area contributed by atoms with E-state index in [0.717, 1.165) is 22.8 Å². The van der Waals surface area contributed by atoms with Crippen molar-refractivity contribution in [1.82, 2.24) is 0 Å². The van der Waals surface area contributed by atoms with Gasteiger partial charge in [-0.15, -0.1) is 17.7 Å². The van der Waals surface area contributed by atoms with Crippen molar-refractivity contribution < 1.29 is 8.99 Å². The first-order chi connectivity index (χ1) is 15.4. The standard InChI is InChI=1S/C30H29NO/c1-18(2)23-16-25(31(6)17-21(23)5)27-20(4)15-24(22-12-8-7-9-13-22)29-28-19(3)11-10-14-26(28)32-30(27)29/h7-18H,6H2,1-5H3. The smallest absolute Gasteiger partial charge is 0.279 e. The van der Waals surface area contributed by atoms with E-state index in [0.29, 0.717) is 5.92 Å². The molecule has 32 heavy (non-hydrogen) atoms. The number of allylic oxidation sites excluding steroid dienone is 2. The highest BCUT2D eigenvalue weighted by Crippen LogP contribution is 2.44. The monoisotopic (exact) mass is 419 g/mol. The third kappa shape index (κ3) is 3.10. The van der Waals surface area contributed by atoms with Crippen LogP contribution in [0.4, 0.5) is 0 Å². The number of fused-ring (bicyclic) bond motifs is 3. The molecule has 0 amide bonds. The first-order valence-corrected chi connectivity index (χ1v) is 11.2. The Hall–Kier alpha value is -3.52. The number of furan rings is 1. The molecule has 1 aromatic heterocycles. The Labute approximate surface area is 190 Å². The topological polar surface area (TPSA) is 14.3 Å². The molecule has 4 aromatic rings. The predicted molar refractivity (Wildman–Crippen MR) is 135 cm³/mol. The van der Waals surface area contributed by atoms with Gasteiger partial charge in [0, 0.05) is 5.39 Å². The van der Waals surface area contributed by atoms with Crippen LogP contribution in [0.2, 0.25) is 0 Å². The molecule has 3 aromatic carbocycles. The molecule has 2 nitrogen and oxygen atoms in total. The van der Waals surface area contributed by atoms with Crippen LogP contribution in [0, 0.1) is 25.8 Å². The van der Waals surface area contributed by atoms with E-state index in [2.05, 4.69) is 108 Å². The molecule has 0 fully saturated rings. The average molecular weight is 420 g/mol. The Kier molecular flexibility index (Phi) is 4.82. The largest absolute Gasteiger partial charge is 0.286 e. The second-order valence-electron chi connectivity index (χ2n) is 9.16. The zero-order chi connectivity index (χ0) is 22.6. The molecular formula is C30H29NO. The fourth-order valence-corrected chi connectivity index (χ4v) is 5.02. The number of benzene rings is 3. The predicted octanol–water partition coefficient (Wildman–Crippen LogP) is 7.96. The first-order valence-electron chi connectivity index (χ1n) is 11.2. The van der Waals surface area contributed by atoms with Gasteiger partial charge < -0.3 is 0 Å². The van der Waals surface area contributed by atoms with Crippen molar-refractivity contribution >= 4 is 28.7 Å². The lowest BCUT2D eigenvalue weighted by Crippen LogP contribution is -2.19. The van der Waals surface area contributed by atoms with E-state index in [1.165, 1.54) is 44.2 Å². The summed E-state index contributed by atoms with van der Waals surface area (Å²) in [5.41, 5.74) is 10.4. The highest BCUT2D eigenvalue weighted by Gasteiger charge is 2.30. The summed E-state index contributed by atoms with van der Waals surface area (Å²) < 4.78 is 8.60. The van der Waals surface area contributed by atoms with Gasteiger partial charge >= 0.3 is 0 Å². The van der Waals surface area contributed by atoms with Crippen molar-refractivity contribution in [1.29, 1.82) is 0 Å². The van der Waals surface area contributed by atoms with Gasteiger partial charge in [-0.3, -0.25) is 8.99 Å². The lowest BCUT2D eigenvalue weighted by atomic mass is 9.86. The maximum atomic E-state index is 6.61. The van der Waals surface area contributed by atoms with Crippen molar-refractivity contribution in [3.05, 3.63) is 101 Å². The highest BCUT2D eigenvalue weighted by atomic mass is 16.3. The number of hydrogen-bond donors (Lipinski definition) is 0. The summed E-state index contributed by atoms with van der Waals surface area (Å²) in [5, 5.41) is 2.37. The van der Waals surface area contributed by atoms with Crippen molar-refractivity contribution in [2.75, 3.05) is 0 Å². The van der Waals surface area contributed by atoms with Crippen molar-refractivity contribution in [2.24, 2.45) is 5.92 Å². The third-order valence-corrected chi connectivity index (χ3v) is 6.54. The van der Waals surface area contributed by atoms with Crippen LogP contribution in [0.15, 0.2) is 82.4 Å². The summed E-state index contributed by atoms with van der Waals surface area (Å²) in [7, 11) is 0. The van der Waals surface area contributed by atoms with Gasteiger partial charge in [0.1, 0.15) is 6.20 Å². The normalized spacial score (nSPS) is 14.4. The van der Waals surface area contributed by atoms with E-state index in [9.17, 15) is 0 Å². The fraction of sp³-hybridized carbons (Fsp3) is 0.200. The molecule has 0 aliphatic carbocycles. The minimum atomic E-state index is 0.437. The van der Waals surface area contributed by atoms with Crippen LogP contribution >= 0.6 is 0 Å². The van der Waals surface area contributed by atoms with Crippen molar-refractivity contribution in [3.63, 3.8) is 0 Å². The molecule has 2 heterocycles. The SMILES string of the molecule is C=[N+]1C=C(C)C(C(C)C)=C[C-]1c1c(C)cc(-c2ccccc2)c2c1[o+][c-]1cccc(C)c21. The van der Waals surface area contributed by atoms with Gasteiger partial charge in [-0.1, -0.05) is 75.2 Å². The molecule has 1 aliphatic rings. The van der Waals surface area contributed by atoms with Crippen LogP contribution in [-0.2, 0) is 0 Å². The maximum absolute atomic E-state index is 6.61. The van der Waals surface area contributed by atoms with E-state index in [-0.39, 0.29) is 0 Å². The molecule has 160 valence electrons. The Morgan fingerprint density at radius 1 is 0.969 bits per heavy atom. The van der Waals surface area contributed by atoms with E-state index in [4.69, 9.17) is 4.42 Å². The van der Waals surface area contributed by atoms with Crippen LogP contribution in [0.5, 0.6) is 0 Å². The number of rotatable bonds is 3. The van der Waals surface area contributed by atoms with Crippen LogP contribution in [-0.4, -0.2) is 11.3 Å². The van der Waals surface area contributed by atoms with E-state index < -0.39 is 0 Å². The maximum Gasteiger partial charge on any atom is 0.279 e. The summed E-state index contributed by atoms with van der Waals surface area (Å²) in [5.74, 6) is 0.437. The summed E-state index contributed by atoms with van der Waals surface area (Å²) >= 11 is 0. The van der Waals surface area contributed by atoms with Crippen molar-refractivity contribution in [2.45, 2.75) is 34.6 Å². The molecule has 2 heteroatoms. The molecular weight excluding hydrogens is 390 g/mol. The summed E-state index contributed by atoms with van der Waals surface area (Å²) in [4.78, 5) is 0. The van der Waals surface area contributed by atoms with Gasteiger partial charge in [0.05, 0.1) is 12.3 Å². The second kappa shape index (κ2) is 7.56. The van der Waals surface area contributed by atoms with Gasteiger partial charge in [-0.05, 0) is 47.1 Å². The molecule has 0 bridgehead atoms. The van der Waals surface area contributed by atoms with E-state index in [1.54, 1.807) is 0 Å². The van der Waals surface area contributed by atoms with Gasteiger partial charge in [0.2, 0.25) is 0 Å². The lowest BCUT2D eigenvalue weighted by Gasteiger charge is -2.25. The van der Waals surface area contributed by atoms with Crippen LogP contribution in [0.25, 0.3) is 33.1 Å². The Balaban J connectivity index is 1.89. The minimum absolute atomic E-state index is 0.437. The summed E-state index contributed by atoms with van der Waals surface area (Å²) in [6.45, 7) is 15.3. The molecule has 0 saturated heterocycles. The fourth-order valence-electron chi connectivity index (χ4n) is 5.02. The van der Waals surface area contributed by atoms with Crippen LogP contribution < -0.4 is 0 Å². The Morgan fingerprint density at radius 3 is 2.44 bits per heavy atom. The molecule has 5 rings (SSSR count). The number of hydrogen-bond acceptors (Lipinski definition) is 0. The third-order valence-electron chi connectivity index (χ3n) is 6.54. The Bertz CT molecular complexity index is 1430. The second-order valence-corrected chi connectivity index (χ2v) is 9.16. The zero-order valence-corrected chi connectivity index (χ0v) is 19.5. The van der Waals surface area contributed by atoms with Gasteiger partial charge in [-0.2, -0.15) is 0 Å². The molecule has 0 atom stereocenters. The highest BCUT2D eigenvalue weighted by molar-refractivity contribution is 6.15. The quantitative estimate of drug-likeness (QED) is 0.187. The van der Waals surface area contributed by atoms with Crippen LogP contribution in [0.3, 0.4) is 0 Å². The summed E-state index contributed by atoms with van der Waals surface area (Å²) in [6, 6.07) is 20.3. The average Bonchev–Trinajstić information content (AvgIpc) is 3.15. The first kappa shape index (κ1) is 20.4. The van der Waals surface area contributed by atoms with Gasteiger partial charge in [0.15, 0.2) is 6.04 Å². The zero-order valence-electron chi connectivity index (χ0n) is 19.5. The minimum Gasteiger partial charge on any atom is -0.286 e. The van der Waals surface area contributed by atoms with Crippen molar-refractivity contribution in [3.8, 4) is 11.1 Å². The van der Waals surface area contributed by atoms with Gasteiger partial charge in [0.25, 0.3) is 11.2 Å². The summed E-state index contributed by atoms with van der Waals surface area (Å²) in [6.07, 6.45) is 4.42. The van der Waals surface area contributed by atoms with E-state index in [1.807, 2.05) is 4.58 Å². The number of aryl methyl sites for hydroxylation is 2. The molecule has 1 aliphatic heterocycles. The van der Waals surface area contributed by atoms with E-state index >= 15 is 0 Å². The molecule has 0 saturated carbocycles. The molecule has 0 unspecified atom stereocenters.